The molecule has 0 spiro atoms. The Labute approximate surface area is 124 Å². The summed E-state index contributed by atoms with van der Waals surface area (Å²) in [5.74, 6) is 0.171. The van der Waals surface area contributed by atoms with Crippen molar-refractivity contribution in [3.8, 4) is 0 Å². The molecule has 0 saturated carbocycles. The predicted octanol–water partition coefficient (Wildman–Crippen LogP) is 2.56. The van der Waals surface area contributed by atoms with Crippen LogP contribution in [0.4, 0.5) is 0 Å². The van der Waals surface area contributed by atoms with E-state index < -0.39 is 0 Å². The molecule has 4 heteroatoms. The molecule has 2 aliphatic rings. The summed E-state index contributed by atoms with van der Waals surface area (Å²) in [7, 11) is 0. The van der Waals surface area contributed by atoms with Crippen molar-refractivity contribution in [2.45, 2.75) is 45.2 Å². The molecular formula is C17H20N2O2. The third kappa shape index (κ3) is 2.24. The molecule has 1 N–H and O–H groups in total. The van der Waals surface area contributed by atoms with Crippen LogP contribution in [0.1, 0.15) is 54.1 Å². The number of piperidine rings is 1. The minimum atomic E-state index is -0.379. The highest BCUT2D eigenvalue weighted by Gasteiger charge is 2.39. The number of nitrogens with one attached hydrogen (secondary N) is 1. The highest BCUT2D eigenvalue weighted by atomic mass is 16.2. The number of carbonyl (C=O) groups is 2. The van der Waals surface area contributed by atoms with E-state index in [9.17, 15) is 9.59 Å². The first-order chi connectivity index (χ1) is 9.99. The van der Waals surface area contributed by atoms with E-state index in [2.05, 4.69) is 25.7 Å². The number of carbonyl (C=O) groups excluding carboxylic acids is 2. The Morgan fingerprint density at radius 2 is 2.10 bits per heavy atom. The maximum atomic E-state index is 12.8. The summed E-state index contributed by atoms with van der Waals surface area (Å²) in [4.78, 5) is 26.6. The molecule has 1 atom stereocenters. The largest absolute Gasteiger partial charge is 0.329 e. The highest BCUT2D eigenvalue weighted by Crippen LogP contribution is 2.33. The van der Waals surface area contributed by atoms with Crippen molar-refractivity contribution in [1.82, 2.24) is 10.2 Å². The van der Waals surface area contributed by atoms with Crippen LogP contribution in [0.5, 0.6) is 0 Å². The van der Waals surface area contributed by atoms with Crippen LogP contribution in [0, 0.1) is 0 Å². The van der Waals surface area contributed by atoms with Crippen molar-refractivity contribution in [3.05, 3.63) is 47.2 Å². The summed E-state index contributed by atoms with van der Waals surface area (Å²) >= 11 is 0. The van der Waals surface area contributed by atoms with Crippen LogP contribution in [-0.4, -0.2) is 22.8 Å². The maximum absolute atomic E-state index is 12.8. The van der Waals surface area contributed by atoms with Crippen LogP contribution in [0.2, 0.25) is 0 Å². The average Bonchev–Trinajstić information content (AvgIpc) is 2.76. The summed E-state index contributed by atoms with van der Waals surface area (Å²) in [5, 5.41) is 2.76. The summed E-state index contributed by atoms with van der Waals surface area (Å²) < 4.78 is 0. The smallest absolute Gasteiger partial charge is 0.255 e. The van der Waals surface area contributed by atoms with Gasteiger partial charge >= 0.3 is 0 Å². The fraction of sp³-hybridized carbons (Fsp3) is 0.412. The summed E-state index contributed by atoms with van der Waals surface area (Å²) in [6.07, 6.45) is 1.38. The molecule has 1 fully saturated rings. The van der Waals surface area contributed by atoms with Crippen molar-refractivity contribution in [1.29, 1.82) is 0 Å². The molecule has 1 aromatic carbocycles. The lowest BCUT2D eigenvalue weighted by Gasteiger charge is -2.31. The van der Waals surface area contributed by atoms with E-state index in [0.29, 0.717) is 18.9 Å². The molecule has 0 aromatic heterocycles. The third-order valence-corrected chi connectivity index (χ3v) is 4.32. The van der Waals surface area contributed by atoms with Crippen molar-refractivity contribution >= 4 is 11.8 Å². The second-order valence-electron chi connectivity index (χ2n) is 6.12. The minimum Gasteiger partial charge on any atom is -0.329 e. The Balaban J connectivity index is 1.92. The van der Waals surface area contributed by atoms with E-state index >= 15 is 0 Å². The topological polar surface area (TPSA) is 49.4 Å². The van der Waals surface area contributed by atoms with Gasteiger partial charge in [0.05, 0.1) is 0 Å². The van der Waals surface area contributed by atoms with Crippen molar-refractivity contribution in [2.75, 3.05) is 0 Å². The lowest BCUT2D eigenvalue weighted by molar-refractivity contribution is -0.126. The standard InChI is InChI=1S/C17H20N2O2/c1-10(2)13-6-4-5-12-9-19(17(21)15(12)13)14-8-7-11(3)18-16(14)20/h4-6,10,14H,3,7-9H2,1-2H3,(H,18,20)/t14-/m1/s1. The Bertz CT molecular complexity index is 634. The number of hydrogen-bond donors (Lipinski definition) is 1. The molecular weight excluding hydrogens is 264 g/mol. The number of hydrogen-bond acceptors (Lipinski definition) is 2. The summed E-state index contributed by atoms with van der Waals surface area (Å²) in [5.41, 5.74) is 3.64. The highest BCUT2D eigenvalue weighted by molar-refractivity contribution is 6.02. The van der Waals surface area contributed by atoms with E-state index in [1.165, 1.54) is 0 Å². The van der Waals surface area contributed by atoms with Gasteiger partial charge in [0.1, 0.15) is 6.04 Å². The van der Waals surface area contributed by atoms with Gasteiger partial charge < -0.3 is 10.2 Å². The minimum absolute atomic E-state index is 0.0121. The average molecular weight is 284 g/mol. The Kier molecular flexibility index (Phi) is 3.32. The lowest BCUT2D eigenvalue weighted by Crippen LogP contribution is -2.49. The molecule has 1 saturated heterocycles. The molecule has 0 bridgehead atoms. The lowest BCUT2D eigenvalue weighted by atomic mass is 9.94. The zero-order valence-corrected chi connectivity index (χ0v) is 12.5. The molecule has 1 aromatic rings. The Hall–Kier alpha value is -2.10. The summed E-state index contributed by atoms with van der Waals surface area (Å²) in [6, 6.07) is 5.61. The molecule has 2 aliphatic heterocycles. The van der Waals surface area contributed by atoms with Gasteiger partial charge in [-0.05, 0) is 29.9 Å². The molecule has 110 valence electrons. The molecule has 21 heavy (non-hydrogen) atoms. The zero-order valence-electron chi connectivity index (χ0n) is 12.5. The number of allylic oxidation sites excluding steroid dienone is 1. The molecule has 4 nitrogen and oxygen atoms in total. The van der Waals surface area contributed by atoms with E-state index in [-0.39, 0.29) is 17.9 Å². The van der Waals surface area contributed by atoms with Gasteiger partial charge in [-0.25, -0.2) is 0 Å². The van der Waals surface area contributed by atoms with E-state index in [1.807, 2.05) is 18.2 Å². The van der Waals surface area contributed by atoms with E-state index in [1.54, 1.807) is 4.90 Å². The van der Waals surface area contributed by atoms with E-state index in [0.717, 1.165) is 28.8 Å². The number of rotatable bonds is 2. The maximum Gasteiger partial charge on any atom is 0.255 e. The van der Waals surface area contributed by atoms with Crippen LogP contribution < -0.4 is 5.32 Å². The molecule has 0 unspecified atom stereocenters. The summed E-state index contributed by atoms with van der Waals surface area (Å²) in [6.45, 7) is 8.49. The van der Waals surface area contributed by atoms with Crippen LogP contribution in [0.3, 0.4) is 0 Å². The van der Waals surface area contributed by atoms with Gasteiger partial charge in [0.25, 0.3) is 5.91 Å². The molecule has 0 radical (unpaired) electrons. The molecule has 2 heterocycles. The van der Waals surface area contributed by atoms with E-state index in [4.69, 9.17) is 0 Å². The first-order valence-corrected chi connectivity index (χ1v) is 7.40. The van der Waals surface area contributed by atoms with Gasteiger partial charge in [-0.1, -0.05) is 38.6 Å². The quantitative estimate of drug-likeness (QED) is 0.907. The third-order valence-electron chi connectivity index (χ3n) is 4.32. The predicted molar refractivity (Wildman–Crippen MR) is 80.7 cm³/mol. The van der Waals surface area contributed by atoms with Gasteiger partial charge in [-0.3, -0.25) is 9.59 Å². The van der Waals surface area contributed by atoms with Crippen LogP contribution in [0.25, 0.3) is 0 Å². The number of nitrogens with zero attached hydrogens (tertiary/aromatic N) is 1. The second-order valence-corrected chi connectivity index (χ2v) is 6.12. The van der Waals surface area contributed by atoms with Crippen LogP contribution >= 0.6 is 0 Å². The van der Waals surface area contributed by atoms with Crippen molar-refractivity contribution in [2.24, 2.45) is 0 Å². The molecule has 3 rings (SSSR count). The van der Waals surface area contributed by atoms with Crippen molar-refractivity contribution < 1.29 is 9.59 Å². The zero-order chi connectivity index (χ0) is 15.1. The van der Waals surface area contributed by atoms with Gasteiger partial charge in [-0.15, -0.1) is 0 Å². The van der Waals surface area contributed by atoms with Gasteiger partial charge in [0.2, 0.25) is 5.91 Å². The molecule has 2 amide bonds. The van der Waals surface area contributed by atoms with Gasteiger partial charge in [0, 0.05) is 17.8 Å². The number of fused-ring (bicyclic) bond motifs is 1. The van der Waals surface area contributed by atoms with Crippen LogP contribution in [-0.2, 0) is 11.3 Å². The second kappa shape index (κ2) is 5.02. The van der Waals surface area contributed by atoms with Crippen molar-refractivity contribution in [3.63, 3.8) is 0 Å². The molecule has 0 aliphatic carbocycles. The first-order valence-electron chi connectivity index (χ1n) is 7.40. The number of benzene rings is 1. The first kappa shape index (κ1) is 13.9. The fourth-order valence-electron chi connectivity index (χ4n) is 3.20. The Morgan fingerprint density at radius 1 is 1.33 bits per heavy atom. The van der Waals surface area contributed by atoms with Gasteiger partial charge in [0.15, 0.2) is 0 Å². The normalized spacial score (nSPS) is 21.8. The van der Waals surface area contributed by atoms with Crippen LogP contribution in [0.15, 0.2) is 30.5 Å². The SMILES string of the molecule is C=C1CC[C@@H](N2Cc3cccc(C(C)C)c3C2=O)C(=O)N1. The Morgan fingerprint density at radius 3 is 2.76 bits per heavy atom. The fourth-order valence-corrected chi connectivity index (χ4v) is 3.20. The van der Waals surface area contributed by atoms with Gasteiger partial charge in [-0.2, -0.15) is 0 Å². The number of amides is 2. The monoisotopic (exact) mass is 284 g/mol.